The SMILES string of the molecule is C=C(O)c1ccc(/C=C/c2cc(OCc3ccccc3C)cc(OCc3ccccc3F)c2)nc1. The summed E-state index contributed by atoms with van der Waals surface area (Å²) in [5.41, 5.74) is 4.85. The number of hydrogen-bond donors (Lipinski definition) is 1. The van der Waals surface area contributed by atoms with Gasteiger partial charge in [-0.15, -0.1) is 0 Å². The van der Waals surface area contributed by atoms with Gasteiger partial charge in [-0.05, 0) is 60.0 Å². The van der Waals surface area contributed by atoms with Crippen LogP contribution in [0.2, 0.25) is 0 Å². The Kier molecular flexibility index (Phi) is 7.58. The van der Waals surface area contributed by atoms with E-state index < -0.39 is 0 Å². The van der Waals surface area contributed by atoms with E-state index in [0.717, 1.165) is 22.4 Å². The molecule has 4 nitrogen and oxygen atoms in total. The molecule has 176 valence electrons. The van der Waals surface area contributed by atoms with Crippen LogP contribution in [0.25, 0.3) is 17.9 Å². The molecule has 4 rings (SSSR count). The van der Waals surface area contributed by atoms with Crippen molar-refractivity contribution in [3.63, 3.8) is 0 Å². The number of aryl methyl sites for hydroxylation is 1. The van der Waals surface area contributed by atoms with Crippen LogP contribution in [0, 0.1) is 12.7 Å². The average Bonchev–Trinajstić information content (AvgIpc) is 2.87. The molecule has 4 aromatic rings. The predicted octanol–water partition coefficient (Wildman–Crippen LogP) is 7.39. The fraction of sp³-hybridized carbons (Fsp3) is 0.100. The topological polar surface area (TPSA) is 51.6 Å². The molecule has 0 radical (unpaired) electrons. The Hall–Kier alpha value is -4.38. The predicted molar refractivity (Wildman–Crippen MR) is 138 cm³/mol. The summed E-state index contributed by atoms with van der Waals surface area (Å²) >= 11 is 0. The van der Waals surface area contributed by atoms with Crippen LogP contribution in [-0.2, 0) is 13.2 Å². The molecule has 1 heterocycles. The summed E-state index contributed by atoms with van der Waals surface area (Å²) in [7, 11) is 0. The molecule has 1 N–H and O–H groups in total. The van der Waals surface area contributed by atoms with Crippen LogP contribution in [0.3, 0.4) is 0 Å². The van der Waals surface area contributed by atoms with Crippen molar-refractivity contribution in [1.82, 2.24) is 4.98 Å². The Morgan fingerprint density at radius 3 is 2.17 bits per heavy atom. The molecule has 0 aliphatic rings. The van der Waals surface area contributed by atoms with Crippen molar-refractivity contribution in [2.75, 3.05) is 0 Å². The molecule has 0 saturated heterocycles. The number of ether oxygens (including phenoxy) is 2. The average molecular weight is 468 g/mol. The normalized spacial score (nSPS) is 10.9. The van der Waals surface area contributed by atoms with E-state index in [4.69, 9.17) is 9.47 Å². The van der Waals surface area contributed by atoms with Crippen LogP contribution in [-0.4, -0.2) is 10.1 Å². The highest BCUT2D eigenvalue weighted by atomic mass is 19.1. The van der Waals surface area contributed by atoms with Gasteiger partial charge in [0.05, 0.1) is 5.69 Å². The summed E-state index contributed by atoms with van der Waals surface area (Å²) < 4.78 is 26.0. The van der Waals surface area contributed by atoms with E-state index in [1.807, 2.05) is 55.5 Å². The maximum atomic E-state index is 14.0. The van der Waals surface area contributed by atoms with E-state index in [9.17, 15) is 9.50 Å². The fourth-order valence-electron chi connectivity index (χ4n) is 3.42. The Morgan fingerprint density at radius 1 is 0.886 bits per heavy atom. The van der Waals surface area contributed by atoms with Crippen molar-refractivity contribution < 1.29 is 19.0 Å². The van der Waals surface area contributed by atoms with Crippen molar-refractivity contribution in [2.24, 2.45) is 0 Å². The minimum absolute atomic E-state index is 0.0248. The maximum absolute atomic E-state index is 14.0. The van der Waals surface area contributed by atoms with Crippen molar-refractivity contribution in [2.45, 2.75) is 20.1 Å². The molecule has 0 spiro atoms. The lowest BCUT2D eigenvalue weighted by molar-refractivity contribution is 0.286. The largest absolute Gasteiger partial charge is 0.508 e. The second-order valence-electron chi connectivity index (χ2n) is 8.08. The second kappa shape index (κ2) is 11.2. The Labute approximate surface area is 204 Å². The van der Waals surface area contributed by atoms with E-state index in [1.54, 1.807) is 42.6 Å². The summed E-state index contributed by atoms with van der Waals surface area (Å²) in [6.07, 6.45) is 5.31. The Bertz CT molecular complexity index is 1280. The van der Waals surface area contributed by atoms with E-state index in [2.05, 4.69) is 11.6 Å². The second-order valence-corrected chi connectivity index (χ2v) is 8.08. The first-order valence-electron chi connectivity index (χ1n) is 11.2. The number of aliphatic hydroxyl groups excluding tert-OH is 1. The van der Waals surface area contributed by atoms with Gasteiger partial charge in [-0.3, -0.25) is 4.98 Å². The van der Waals surface area contributed by atoms with Crippen LogP contribution < -0.4 is 9.47 Å². The number of nitrogens with zero attached hydrogens (tertiary/aromatic N) is 1. The molecule has 1 aromatic heterocycles. The Balaban J connectivity index is 1.56. The van der Waals surface area contributed by atoms with Crippen molar-refractivity contribution >= 4 is 17.9 Å². The number of rotatable bonds is 9. The van der Waals surface area contributed by atoms with Gasteiger partial charge < -0.3 is 14.6 Å². The molecular formula is C30H26FNO3. The lowest BCUT2D eigenvalue weighted by Crippen LogP contribution is -2.00. The molecule has 0 fully saturated rings. The quantitative estimate of drug-likeness (QED) is 0.261. The van der Waals surface area contributed by atoms with Crippen molar-refractivity contribution in [3.05, 3.63) is 131 Å². The standard InChI is InChI=1S/C30H26FNO3/c1-21-7-3-4-8-25(21)19-34-28-15-23(11-13-27-14-12-24(18-32-27)22(2)33)16-29(17-28)35-20-26-9-5-6-10-30(26)31/h3-18,33H,2,19-20H2,1H3/b13-11+. The smallest absolute Gasteiger partial charge is 0.129 e. The van der Waals surface area contributed by atoms with Crippen LogP contribution in [0.4, 0.5) is 4.39 Å². The van der Waals surface area contributed by atoms with Crippen LogP contribution >= 0.6 is 0 Å². The van der Waals surface area contributed by atoms with Gasteiger partial charge >= 0.3 is 0 Å². The van der Waals surface area contributed by atoms with Crippen LogP contribution in [0.15, 0.2) is 91.6 Å². The third-order valence-corrected chi connectivity index (χ3v) is 5.48. The molecule has 0 saturated carbocycles. The molecular weight excluding hydrogens is 441 g/mol. The zero-order valence-corrected chi connectivity index (χ0v) is 19.4. The van der Waals surface area contributed by atoms with Crippen molar-refractivity contribution in [3.8, 4) is 11.5 Å². The van der Waals surface area contributed by atoms with Gasteiger partial charge in [-0.25, -0.2) is 4.39 Å². The highest BCUT2D eigenvalue weighted by Crippen LogP contribution is 2.27. The maximum Gasteiger partial charge on any atom is 0.129 e. The molecule has 3 aromatic carbocycles. The van der Waals surface area contributed by atoms with Gasteiger partial charge in [0.15, 0.2) is 0 Å². The van der Waals surface area contributed by atoms with Gasteiger partial charge in [0.1, 0.15) is 36.3 Å². The van der Waals surface area contributed by atoms with Crippen LogP contribution in [0.5, 0.6) is 11.5 Å². The van der Waals surface area contributed by atoms with Gasteiger partial charge in [-0.1, -0.05) is 55.1 Å². The van der Waals surface area contributed by atoms with Gasteiger partial charge in [0.2, 0.25) is 0 Å². The van der Waals surface area contributed by atoms with E-state index in [0.29, 0.717) is 29.2 Å². The molecule has 0 amide bonds. The van der Waals surface area contributed by atoms with Gasteiger partial charge in [-0.2, -0.15) is 0 Å². The van der Waals surface area contributed by atoms with E-state index >= 15 is 0 Å². The monoisotopic (exact) mass is 467 g/mol. The summed E-state index contributed by atoms with van der Waals surface area (Å²) in [6.45, 7) is 6.07. The number of aliphatic hydroxyl groups is 1. The van der Waals surface area contributed by atoms with Gasteiger partial charge in [0.25, 0.3) is 0 Å². The highest BCUT2D eigenvalue weighted by Gasteiger charge is 2.07. The first-order chi connectivity index (χ1) is 17.0. The molecule has 5 heteroatoms. The number of aromatic nitrogens is 1. The number of halogens is 1. The molecule has 0 bridgehead atoms. The summed E-state index contributed by atoms with van der Waals surface area (Å²) in [5.74, 6) is 0.872. The zero-order chi connectivity index (χ0) is 24.6. The molecule has 0 atom stereocenters. The lowest BCUT2D eigenvalue weighted by Gasteiger charge is -2.13. The lowest BCUT2D eigenvalue weighted by atomic mass is 10.1. The zero-order valence-electron chi connectivity index (χ0n) is 19.4. The van der Waals surface area contributed by atoms with Crippen molar-refractivity contribution in [1.29, 1.82) is 0 Å². The molecule has 0 unspecified atom stereocenters. The molecule has 0 aliphatic carbocycles. The number of benzene rings is 3. The molecule has 0 aliphatic heterocycles. The minimum Gasteiger partial charge on any atom is -0.508 e. The first-order valence-corrected chi connectivity index (χ1v) is 11.2. The number of pyridine rings is 1. The summed E-state index contributed by atoms with van der Waals surface area (Å²) in [5, 5.41) is 9.48. The third-order valence-electron chi connectivity index (χ3n) is 5.48. The first kappa shape index (κ1) is 23.8. The van der Waals surface area contributed by atoms with E-state index in [1.165, 1.54) is 6.07 Å². The van der Waals surface area contributed by atoms with Crippen LogP contribution in [0.1, 0.15) is 33.5 Å². The Morgan fingerprint density at radius 2 is 1.54 bits per heavy atom. The fourth-order valence-corrected chi connectivity index (χ4v) is 3.42. The van der Waals surface area contributed by atoms with E-state index in [-0.39, 0.29) is 18.2 Å². The third kappa shape index (κ3) is 6.58. The highest BCUT2D eigenvalue weighted by molar-refractivity contribution is 5.70. The van der Waals surface area contributed by atoms with Gasteiger partial charge in [0, 0.05) is 23.4 Å². The minimum atomic E-state index is -0.306. The summed E-state index contributed by atoms with van der Waals surface area (Å²) in [4.78, 5) is 4.32. The summed E-state index contributed by atoms with van der Waals surface area (Å²) in [6, 6.07) is 23.7. The molecule has 35 heavy (non-hydrogen) atoms. The number of hydrogen-bond acceptors (Lipinski definition) is 4.